The van der Waals surface area contributed by atoms with Crippen molar-refractivity contribution in [2.45, 2.75) is 0 Å². The lowest BCUT2D eigenvalue weighted by Gasteiger charge is -2.02. The number of ether oxygens (including phenoxy) is 2. The van der Waals surface area contributed by atoms with Crippen molar-refractivity contribution in [1.29, 1.82) is 0 Å². The largest absolute Gasteiger partial charge is 0.454 e. The third-order valence-electron chi connectivity index (χ3n) is 2.66. The molecule has 2 aromatic carbocycles. The highest BCUT2D eigenvalue weighted by Crippen LogP contribution is 2.36. The second-order valence-corrected chi connectivity index (χ2v) is 4.82. The summed E-state index contributed by atoms with van der Waals surface area (Å²) in [7, 11) is 0. The van der Waals surface area contributed by atoms with E-state index in [4.69, 9.17) is 9.47 Å². The number of nitrogens with zero attached hydrogens (tertiary/aromatic N) is 1. The molecule has 2 aromatic rings. The summed E-state index contributed by atoms with van der Waals surface area (Å²) in [6.45, 7) is 0.268. The highest BCUT2D eigenvalue weighted by Gasteiger charge is 2.15. The second-order valence-electron chi connectivity index (χ2n) is 3.96. The van der Waals surface area contributed by atoms with Crippen molar-refractivity contribution in [1.82, 2.24) is 0 Å². The summed E-state index contributed by atoms with van der Waals surface area (Å²) in [5.41, 5.74) is 4.83. The average Bonchev–Trinajstić information content (AvgIpc) is 2.87. The van der Waals surface area contributed by atoms with Gasteiger partial charge in [-0.05, 0) is 40.2 Å². The van der Waals surface area contributed by atoms with Crippen molar-refractivity contribution in [3.63, 3.8) is 0 Å². The van der Waals surface area contributed by atoms with E-state index in [1.807, 2.05) is 42.5 Å². The number of benzene rings is 2. The maximum Gasteiger partial charge on any atom is 0.231 e. The smallest absolute Gasteiger partial charge is 0.231 e. The molecule has 0 aromatic heterocycles. The van der Waals surface area contributed by atoms with E-state index < -0.39 is 0 Å². The Kier molecular flexibility index (Phi) is 3.37. The molecule has 0 bridgehead atoms. The Morgan fingerprint density at radius 3 is 2.63 bits per heavy atom. The van der Waals surface area contributed by atoms with Gasteiger partial charge < -0.3 is 9.47 Å². The molecule has 1 aliphatic rings. The van der Waals surface area contributed by atoms with E-state index in [9.17, 15) is 0 Å². The fourth-order valence-corrected chi connectivity index (χ4v) is 2.15. The molecule has 1 aliphatic heterocycles. The van der Waals surface area contributed by atoms with Crippen LogP contribution in [0.2, 0.25) is 0 Å². The number of anilines is 1. The minimum Gasteiger partial charge on any atom is -0.454 e. The minimum atomic E-state index is 0.268. The molecule has 0 amide bonds. The number of rotatable bonds is 3. The molecular formula is C14H11BrN2O2. The van der Waals surface area contributed by atoms with E-state index in [1.165, 1.54) is 0 Å². The SMILES string of the molecule is Brc1cc2c(cc1/C=N\Nc1ccccc1)OCO2. The highest BCUT2D eigenvalue weighted by atomic mass is 79.9. The number of hydrazone groups is 1. The Morgan fingerprint density at radius 1 is 1.11 bits per heavy atom. The van der Waals surface area contributed by atoms with E-state index >= 15 is 0 Å². The zero-order chi connectivity index (χ0) is 13.1. The lowest BCUT2D eigenvalue weighted by molar-refractivity contribution is 0.174. The van der Waals surface area contributed by atoms with E-state index in [0.717, 1.165) is 27.2 Å². The second kappa shape index (κ2) is 5.32. The number of para-hydroxylation sites is 1. The first-order valence-corrected chi connectivity index (χ1v) is 6.55. The molecule has 5 heteroatoms. The Labute approximate surface area is 119 Å². The van der Waals surface area contributed by atoms with Crippen molar-refractivity contribution in [3.8, 4) is 11.5 Å². The molecule has 19 heavy (non-hydrogen) atoms. The summed E-state index contributed by atoms with van der Waals surface area (Å²) in [5, 5.41) is 4.20. The van der Waals surface area contributed by atoms with Crippen LogP contribution in [0.4, 0.5) is 5.69 Å². The number of hydrogen-bond acceptors (Lipinski definition) is 4. The molecule has 0 atom stereocenters. The fourth-order valence-electron chi connectivity index (χ4n) is 1.72. The van der Waals surface area contributed by atoms with Crippen molar-refractivity contribution in [3.05, 3.63) is 52.5 Å². The number of nitrogens with one attached hydrogen (secondary N) is 1. The van der Waals surface area contributed by atoms with Crippen molar-refractivity contribution < 1.29 is 9.47 Å². The molecule has 0 fully saturated rings. The zero-order valence-corrected chi connectivity index (χ0v) is 11.6. The number of fused-ring (bicyclic) bond motifs is 1. The van der Waals surface area contributed by atoms with Crippen LogP contribution in [0.5, 0.6) is 11.5 Å². The molecule has 0 saturated carbocycles. The van der Waals surface area contributed by atoms with Gasteiger partial charge in [0.1, 0.15) is 0 Å². The lowest BCUT2D eigenvalue weighted by atomic mass is 10.2. The van der Waals surface area contributed by atoms with Crippen LogP contribution in [0.3, 0.4) is 0 Å². The average molecular weight is 319 g/mol. The van der Waals surface area contributed by atoms with Crippen LogP contribution in [-0.4, -0.2) is 13.0 Å². The Balaban J connectivity index is 1.76. The Morgan fingerprint density at radius 2 is 1.84 bits per heavy atom. The van der Waals surface area contributed by atoms with Crippen LogP contribution < -0.4 is 14.9 Å². The molecule has 0 unspecified atom stereocenters. The quantitative estimate of drug-likeness (QED) is 0.694. The van der Waals surface area contributed by atoms with Gasteiger partial charge in [0.2, 0.25) is 6.79 Å². The lowest BCUT2D eigenvalue weighted by Crippen LogP contribution is -1.93. The van der Waals surface area contributed by atoms with Crippen molar-refractivity contribution >= 4 is 27.8 Å². The van der Waals surface area contributed by atoms with Crippen LogP contribution in [-0.2, 0) is 0 Å². The standard InChI is InChI=1S/C14H11BrN2O2/c15-12-7-14-13(18-9-19-14)6-10(12)8-16-17-11-4-2-1-3-5-11/h1-8,17H,9H2/b16-8-. The predicted molar refractivity (Wildman–Crippen MR) is 77.9 cm³/mol. The monoisotopic (exact) mass is 318 g/mol. The molecule has 4 nitrogen and oxygen atoms in total. The van der Waals surface area contributed by atoms with Gasteiger partial charge in [-0.2, -0.15) is 5.10 Å². The van der Waals surface area contributed by atoms with E-state index in [-0.39, 0.29) is 6.79 Å². The van der Waals surface area contributed by atoms with Crippen LogP contribution in [0.1, 0.15) is 5.56 Å². The first-order chi connectivity index (χ1) is 9.33. The summed E-state index contributed by atoms with van der Waals surface area (Å²) < 4.78 is 11.5. The van der Waals surface area contributed by atoms with E-state index in [2.05, 4.69) is 26.5 Å². The maximum absolute atomic E-state index is 5.33. The summed E-state index contributed by atoms with van der Waals surface area (Å²) in [6.07, 6.45) is 1.74. The molecule has 0 aliphatic carbocycles. The minimum absolute atomic E-state index is 0.268. The molecule has 0 spiro atoms. The number of halogens is 1. The number of hydrogen-bond donors (Lipinski definition) is 1. The maximum atomic E-state index is 5.33. The van der Waals surface area contributed by atoms with Crippen LogP contribution >= 0.6 is 15.9 Å². The summed E-state index contributed by atoms with van der Waals surface area (Å²) in [6, 6.07) is 13.5. The van der Waals surface area contributed by atoms with Gasteiger partial charge in [0.25, 0.3) is 0 Å². The van der Waals surface area contributed by atoms with Gasteiger partial charge in [-0.3, -0.25) is 5.43 Å². The van der Waals surface area contributed by atoms with Crippen molar-refractivity contribution in [2.24, 2.45) is 5.10 Å². The van der Waals surface area contributed by atoms with Crippen molar-refractivity contribution in [2.75, 3.05) is 12.2 Å². The fraction of sp³-hybridized carbons (Fsp3) is 0.0714. The first-order valence-electron chi connectivity index (χ1n) is 5.76. The van der Waals surface area contributed by atoms with Gasteiger partial charge in [-0.1, -0.05) is 18.2 Å². The predicted octanol–water partition coefficient (Wildman–Crippen LogP) is 3.62. The van der Waals surface area contributed by atoms with Gasteiger partial charge in [-0.25, -0.2) is 0 Å². The van der Waals surface area contributed by atoms with E-state index in [0.29, 0.717) is 0 Å². The van der Waals surface area contributed by atoms with Crippen LogP contribution in [0.25, 0.3) is 0 Å². The third-order valence-corrected chi connectivity index (χ3v) is 3.35. The van der Waals surface area contributed by atoms with Gasteiger partial charge in [-0.15, -0.1) is 0 Å². The topological polar surface area (TPSA) is 42.9 Å². The van der Waals surface area contributed by atoms with Gasteiger partial charge >= 0.3 is 0 Å². The zero-order valence-electron chi connectivity index (χ0n) is 9.97. The van der Waals surface area contributed by atoms with E-state index in [1.54, 1.807) is 6.21 Å². The molecule has 0 saturated heterocycles. The molecule has 96 valence electrons. The molecule has 0 radical (unpaired) electrons. The van der Waals surface area contributed by atoms with Crippen LogP contribution in [0.15, 0.2) is 52.0 Å². The first kappa shape index (κ1) is 12.0. The summed E-state index contributed by atoms with van der Waals surface area (Å²) >= 11 is 3.48. The third kappa shape index (κ3) is 2.71. The highest BCUT2D eigenvalue weighted by molar-refractivity contribution is 9.10. The summed E-state index contributed by atoms with van der Waals surface area (Å²) in [5.74, 6) is 1.49. The molecule has 3 rings (SSSR count). The van der Waals surface area contributed by atoms with Gasteiger partial charge in [0, 0.05) is 10.0 Å². The normalized spacial score (nSPS) is 12.9. The van der Waals surface area contributed by atoms with Gasteiger partial charge in [0.05, 0.1) is 11.9 Å². The Hall–Kier alpha value is -2.01. The molecular weight excluding hydrogens is 308 g/mol. The molecule has 1 heterocycles. The van der Waals surface area contributed by atoms with Gasteiger partial charge in [0.15, 0.2) is 11.5 Å². The molecule has 1 N–H and O–H groups in total. The Bertz CT molecular complexity index is 614. The van der Waals surface area contributed by atoms with Crippen LogP contribution in [0, 0.1) is 0 Å². The summed E-state index contributed by atoms with van der Waals surface area (Å²) in [4.78, 5) is 0.